The van der Waals surface area contributed by atoms with Crippen molar-refractivity contribution in [3.05, 3.63) is 124 Å². The number of hydrogen-bond acceptors (Lipinski definition) is 5. The number of ketones is 2. The lowest BCUT2D eigenvalue weighted by atomic mass is 9.85. The number of hydrogen-bond donors (Lipinski definition) is 0. The minimum Gasteiger partial charge on any atom is -0.359 e. The second-order valence-corrected chi connectivity index (χ2v) is 10.7. The molecule has 3 aliphatic rings. The molecule has 0 N–H and O–H groups in total. The number of aryl methyl sites for hydroxylation is 1. The van der Waals surface area contributed by atoms with Crippen molar-refractivity contribution in [2.75, 3.05) is 4.90 Å². The maximum Gasteiger partial charge on any atom is 0.240 e. The summed E-state index contributed by atoms with van der Waals surface area (Å²) in [7, 11) is 0. The Morgan fingerprint density at radius 3 is 2.13 bits per heavy atom. The van der Waals surface area contributed by atoms with Crippen LogP contribution in [0.1, 0.15) is 26.3 Å². The van der Waals surface area contributed by atoms with Gasteiger partial charge in [-0.15, -0.1) is 0 Å². The molecule has 4 atom stereocenters. The fourth-order valence-corrected chi connectivity index (χ4v) is 5.95. The number of anilines is 1. The van der Waals surface area contributed by atoms with Crippen molar-refractivity contribution in [1.29, 1.82) is 0 Å². The zero-order valence-electron chi connectivity index (χ0n) is 20.5. The number of carbonyl (C=O) groups is 4. The number of rotatable bonds is 5. The quantitative estimate of drug-likeness (QED) is 0.316. The Balaban J connectivity index is 1.43. The van der Waals surface area contributed by atoms with Crippen molar-refractivity contribution >= 4 is 45.0 Å². The molecule has 2 fully saturated rings. The van der Waals surface area contributed by atoms with Gasteiger partial charge in [-0.05, 0) is 37.3 Å². The van der Waals surface area contributed by atoms with Crippen molar-refractivity contribution in [2.45, 2.75) is 19.0 Å². The molecule has 3 aromatic rings. The van der Waals surface area contributed by atoms with Gasteiger partial charge in [0.15, 0.2) is 11.6 Å². The molecule has 0 radical (unpaired) electrons. The second-order valence-electron chi connectivity index (χ2n) is 9.79. The monoisotopic (exact) mass is 566 g/mol. The predicted octanol–water partition coefficient (Wildman–Crippen LogP) is 5.14. The van der Waals surface area contributed by atoms with Crippen molar-refractivity contribution in [2.24, 2.45) is 11.8 Å². The summed E-state index contributed by atoms with van der Waals surface area (Å²) < 4.78 is 0.832. The van der Waals surface area contributed by atoms with Crippen LogP contribution in [0.4, 0.5) is 5.69 Å². The molecule has 0 spiro atoms. The summed E-state index contributed by atoms with van der Waals surface area (Å²) in [4.78, 5) is 57.8. The maximum absolute atomic E-state index is 13.9. The fraction of sp³-hybridized carbons (Fsp3) is 0.161. The highest BCUT2D eigenvalue weighted by Gasteiger charge is 2.63. The van der Waals surface area contributed by atoms with Gasteiger partial charge in [0.25, 0.3) is 0 Å². The van der Waals surface area contributed by atoms with Gasteiger partial charge in [0, 0.05) is 27.4 Å². The first kappa shape index (κ1) is 24.2. The average molecular weight is 567 g/mol. The number of allylic oxidation sites excluding steroid dienone is 2. The van der Waals surface area contributed by atoms with Crippen molar-refractivity contribution in [3.63, 3.8) is 0 Å². The van der Waals surface area contributed by atoms with Crippen LogP contribution < -0.4 is 4.90 Å². The molecule has 3 heterocycles. The summed E-state index contributed by atoms with van der Waals surface area (Å²) in [5, 5.41) is 0. The highest BCUT2D eigenvalue weighted by atomic mass is 79.9. The molecule has 0 unspecified atom stereocenters. The van der Waals surface area contributed by atoms with Crippen LogP contribution >= 0.6 is 15.9 Å². The highest BCUT2D eigenvalue weighted by molar-refractivity contribution is 9.10. The molecular weight excluding hydrogens is 544 g/mol. The third-order valence-corrected chi connectivity index (χ3v) is 8.06. The molecule has 6 rings (SSSR count). The molecule has 188 valence electrons. The van der Waals surface area contributed by atoms with E-state index in [1.54, 1.807) is 83.9 Å². The minimum atomic E-state index is -0.878. The van der Waals surface area contributed by atoms with Gasteiger partial charge in [0.2, 0.25) is 11.8 Å². The molecule has 2 saturated heterocycles. The number of amides is 2. The summed E-state index contributed by atoms with van der Waals surface area (Å²) in [5.41, 5.74) is 2.91. The molecule has 38 heavy (non-hydrogen) atoms. The number of imide groups is 1. The van der Waals surface area contributed by atoms with Gasteiger partial charge in [-0.25, -0.2) is 4.90 Å². The number of fused-ring (bicyclic) bond motifs is 3. The number of Topliss-reactive ketones (excluding diaryl/α,β-unsaturated/α-hetero) is 2. The summed E-state index contributed by atoms with van der Waals surface area (Å²) in [6, 6.07) is 21.6. The molecule has 3 aliphatic heterocycles. The Morgan fingerprint density at radius 1 is 0.789 bits per heavy atom. The van der Waals surface area contributed by atoms with Crippen LogP contribution in [-0.2, 0) is 9.59 Å². The molecule has 6 nitrogen and oxygen atoms in total. The first-order chi connectivity index (χ1) is 18.3. The highest BCUT2D eigenvalue weighted by Crippen LogP contribution is 2.47. The van der Waals surface area contributed by atoms with Crippen LogP contribution in [0.3, 0.4) is 0 Å². The van der Waals surface area contributed by atoms with E-state index in [9.17, 15) is 19.2 Å². The zero-order valence-corrected chi connectivity index (χ0v) is 22.0. The van der Waals surface area contributed by atoms with Crippen LogP contribution in [0.25, 0.3) is 0 Å². The van der Waals surface area contributed by atoms with Crippen LogP contribution in [-0.4, -0.2) is 40.4 Å². The first-order valence-electron chi connectivity index (χ1n) is 12.4. The maximum atomic E-state index is 13.9. The smallest absolute Gasteiger partial charge is 0.240 e. The standard InChI is InChI=1S/C31H23BrN2O4/c1-18-7-13-23(14-8-18)34-30(37)25-24-17-21(28(35)19-5-3-2-4-6-19)15-16-33(24)27(26(25)31(34)38)29(36)20-9-11-22(32)12-10-20/h2-17,24-27H,1H3/t24-,25+,26+,27-/m1/s1. The summed E-state index contributed by atoms with van der Waals surface area (Å²) in [6.45, 7) is 1.93. The summed E-state index contributed by atoms with van der Waals surface area (Å²) >= 11 is 3.40. The van der Waals surface area contributed by atoms with Gasteiger partial charge >= 0.3 is 0 Å². The fourth-order valence-electron chi connectivity index (χ4n) is 5.69. The number of nitrogens with zero attached hydrogens (tertiary/aromatic N) is 2. The molecular formula is C31H23BrN2O4. The van der Waals surface area contributed by atoms with Crippen LogP contribution in [0.2, 0.25) is 0 Å². The minimum absolute atomic E-state index is 0.173. The van der Waals surface area contributed by atoms with Crippen molar-refractivity contribution < 1.29 is 19.2 Å². The Morgan fingerprint density at radius 2 is 1.45 bits per heavy atom. The van der Waals surface area contributed by atoms with Gasteiger partial charge in [-0.2, -0.15) is 0 Å². The third kappa shape index (κ3) is 3.85. The van der Waals surface area contributed by atoms with E-state index in [0.717, 1.165) is 10.0 Å². The average Bonchev–Trinajstić information content (AvgIpc) is 3.41. The van der Waals surface area contributed by atoms with E-state index >= 15 is 0 Å². The number of halogens is 1. The van der Waals surface area contributed by atoms with Crippen molar-refractivity contribution in [3.8, 4) is 0 Å². The lowest BCUT2D eigenvalue weighted by molar-refractivity contribution is -0.123. The SMILES string of the molecule is Cc1ccc(N2C(=O)[C@@H]3[C@H](C2=O)[C@H](C(=O)c2ccc(Br)cc2)N2C=CC(C(=O)c4ccccc4)=C[C@H]32)cc1. The number of carbonyl (C=O) groups excluding carboxylic acids is 4. The van der Waals surface area contributed by atoms with E-state index in [4.69, 9.17) is 0 Å². The summed E-state index contributed by atoms with van der Waals surface area (Å²) in [6.07, 6.45) is 5.10. The van der Waals surface area contributed by atoms with E-state index in [0.29, 0.717) is 22.4 Å². The topological polar surface area (TPSA) is 74.8 Å². The lowest BCUT2D eigenvalue weighted by Crippen LogP contribution is -2.46. The molecule has 3 aromatic carbocycles. The van der Waals surface area contributed by atoms with Crippen LogP contribution in [0.15, 0.2) is 107 Å². The third-order valence-electron chi connectivity index (χ3n) is 7.54. The Bertz CT molecular complexity index is 1530. The van der Waals surface area contributed by atoms with E-state index < -0.39 is 29.8 Å². The van der Waals surface area contributed by atoms with E-state index in [-0.39, 0.29) is 17.5 Å². The molecule has 2 amide bonds. The van der Waals surface area contributed by atoms with Crippen LogP contribution in [0.5, 0.6) is 0 Å². The number of benzene rings is 3. The lowest BCUT2D eigenvalue weighted by Gasteiger charge is -2.32. The van der Waals surface area contributed by atoms with E-state index in [2.05, 4.69) is 15.9 Å². The largest absolute Gasteiger partial charge is 0.359 e. The molecule has 0 bridgehead atoms. The predicted molar refractivity (Wildman–Crippen MR) is 147 cm³/mol. The Hall–Kier alpha value is -4.10. The molecule has 0 aromatic heterocycles. The molecule has 7 heteroatoms. The van der Waals surface area contributed by atoms with Gasteiger partial charge in [0.05, 0.1) is 23.6 Å². The first-order valence-corrected chi connectivity index (χ1v) is 13.2. The summed E-state index contributed by atoms with van der Waals surface area (Å²) in [5.74, 6) is -2.84. The van der Waals surface area contributed by atoms with E-state index in [1.165, 1.54) is 4.90 Å². The Labute approximate surface area is 228 Å². The van der Waals surface area contributed by atoms with Gasteiger partial charge in [-0.1, -0.05) is 82.2 Å². The normalized spacial score (nSPS) is 23.8. The van der Waals surface area contributed by atoms with Gasteiger partial charge in [0.1, 0.15) is 6.04 Å². The van der Waals surface area contributed by atoms with Gasteiger partial charge in [-0.3, -0.25) is 19.2 Å². The van der Waals surface area contributed by atoms with Crippen molar-refractivity contribution in [1.82, 2.24) is 4.90 Å². The molecule has 0 saturated carbocycles. The molecule has 0 aliphatic carbocycles. The zero-order chi connectivity index (χ0) is 26.6. The second kappa shape index (κ2) is 9.33. The van der Waals surface area contributed by atoms with E-state index in [1.807, 2.05) is 25.1 Å². The van der Waals surface area contributed by atoms with Crippen LogP contribution in [0, 0.1) is 18.8 Å². The Kier molecular flexibility index (Phi) is 5.95. The van der Waals surface area contributed by atoms with Gasteiger partial charge < -0.3 is 4.90 Å².